The zero-order valence-electron chi connectivity index (χ0n) is 12.0. The monoisotopic (exact) mass is 282 g/mol. The van der Waals surface area contributed by atoms with E-state index in [4.69, 9.17) is 10.5 Å². The highest BCUT2D eigenvalue weighted by molar-refractivity contribution is 4.97. The number of nitrogens with zero attached hydrogens (tertiary/aromatic N) is 1. The van der Waals surface area contributed by atoms with Crippen LogP contribution in [0.5, 0.6) is 0 Å². The first kappa shape index (κ1) is 16.7. The number of nitrogens with two attached hydrogens (primary N) is 1. The third kappa shape index (κ3) is 3.83. The van der Waals surface area contributed by atoms with Gasteiger partial charge < -0.3 is 10.5 Å². The predicted octanol–water partition coefficient (Wildman–Crippen LogP) is 2.40. The maximum Gasteiger partial charge on any atom is 0.391 e. The molecule has 0 bridgehead atoms. The fraction of sp³-hybridized carbons (Fsp3) is 1.00. The van der Waals surface area contributed by atoms with E-state index in [1.165, 1.54) is 0 Å². The molecule has 0 aromatic heterocycles. The molecule has 1 atom stereocenters. The highest BCUT2D eigenvalue weighted by atomic mass is 19.4. The van der Waals surface area contributed by atoms with E-state index in [2.05, 4.69) is 4.90 Å². The Morgan fingerprint density at radius 1 is 1.37 bits per heavy atom. The lowest BCUT2D eigenvalue weighted by atomic mass is 9.75. The van der Waals surface area contributed by atoms with Gasteiger partial charge in [-0.05, 0) is 39.7 Å². The molecule has 0 heterocycles. The lowest BCUT2D eigenvalue weighted by molar-refractivity contribution is -0.188. The number of likely N-dealkylation sites (N-methyl/N-ethyl adjacent to an activating group) is 1. The molecule has 0 aromatic rings. The van der Waals surface area contributed by atoms with E-state index < -0.39 is 12.1 Å². The van der Waals surface area contributed by atoms with Crippen molar-refractivity contribution in [3.63, 3.8) is 0 Å². The molecule has 114 valence electrons. The van der Waals surface area contributed by atoms with Crippen LogP contribution in [0, 0.1) is 5.92 Å². The van der Waals surface area contributed by atoms with Gasteiger partial charge >= 0.3 is 6.18 Å². The van der Waals surface area contributed by atoms with Crippen molar-refractivity contribution in [2.75, 3.05) is 27.3 Å². The number of ether oxygens (including phenoxy) is 1. The Hall–Kier alpha value is -0.330. The lowest BCUT2D eigenvalue weighted by Crippen LogP contribution is -2.58. The van der Waals surface area contributed by atoms with Crippen molar-refractivity contribution in [3.05, 3.63) is 0 Å². The zero-order valence-corrected chi connectivity index (χ0v) is 12.0. The number of methoxy groups -OCH3 is 1. The molecule has 0 amide bonds. The van der Waals surface area contributed by atoms with Gasteiger partial charge in [0.05, 0.1) is 12.5 Å². The molecule has 1 fully saturated rings. The zero-order chi connectivity index (χ0) is 14.7. The van der Waals surface area contributed by atoms with E-state index in [9.17, 15) is 13.2 Å². The molecular weight excluding hydrogens is 257 g/mol. The van der Waals surface area contributed by atoms with Gasteiger partial charge in [-0.3, -0.25) is 4.90 Å². The number of alkyl halides is 3. The summed E-state index contributed by atoms with van der Waals surface area (Å²) >= 11 is 0. The van der Waals surface area contributed by atoms with Gasteiger partial charge in [-0.1, -0.05) is 0 Å². The molecule has 1 aliphatic rings. The number of hydrogen-bond donors (Lipinski definition) is 1. The quantitative estimate of drug-likeness (QED) is 0.841. The molecule has 6 heteroatoms. The minimum absolute atomic E-state index is 0.149. The minimum atomic E-state index is -4.07. The van der Waals surface area contributed by atoms with Crippen LogP contribution in [0.3, 0.4) is 0 Å². The highest BCUT2D eigenvalue weighted by Crippen LogP contribution is 2.43. The number of rotatable bonds is 5. The Kier molecular flexibility index (Phi) is 5.65. The minimum Gasteiger partial charge on any atom is -0.383 e. The Balaban J connectivity index is 2.69. The van der Waals surface area contributed by atoms with Crippen molar-refractivity contribution >= 4 is 0 Å². The normalized spacial score (nSPS) is 30.6. The van der Waals surface area contributed by atoms with Crippen LogP contribution in [0.25, 0.3) is 0 Å². The van der Waals surface area contributed by atoms with Crippen molar-refractivity contribution in [1.82, 2.24) is 4.90 Å². The third-order valence-electron chi connectivity index (χ3n) is 4.58. The first-order valence-electron chi connectivity index (χ1n) is 6.75. The molecule has 1 unspecified atom stereocenters. The van der Waals surface area contributed by atoms with Gasteiger partial charge in [0, 0.05) is 25.2 Å². The third-order valence-corrected chi connectivity index (χ3v) is 4.58. The van der Waals surface area contributed by atoms with Crippen molar-refractivity contribution in [3.8, 4) is 0 Å². The summed E-state index contributed by atoms with van der Waals surface area (Å²) < 4.78 is 43.3. The molecule has 1 saturated carbocycles. The average Bonchev–Trinajstić information content (AvgIpc) is 2.37. The molecule has 0 spiro atoms. The Labute approximate surface area is 113 Å². The van der Waals surface area contributed by atoms with Gasteiger partial charge in [0.15, 0.2) is 0 Å². The summed E-state index contributed by atoms with van der Waals surface area (Å²) in [5.74, 6) is -1.17. The molecule has 2 N–H and O–H groups in total. The summed E-state index contributed by atoms with van der Waals surface area (Å²) in [6.45, 7) is 2.96. The van der Waals surface area contributed by atoms with E-state index in [1.54, 1.807) is 7.11 Å². The van der Waals surface area contributed by atoms with Gasteiger partial charge in [-0.2, -0.15) is 13.2 Å². The SMILES string of the molecule is COCC(C)N(C)C1(CN)CCC(C(F)(F)F)CC1. The average molecular weight is 282 g/mol. The molecule has 0 radical (unpaired) electrons. The van der Waals surface area contributed by atoms with Gasteiger partial charge in [0.2, 0.25) is 0 Å². The molecular formula is C13H25F3N2O. The summed E-state index contributed by atoms with van der Waals surface area (Å²) in [7, 11) is 3.56. The number of hydrogen-bond acceptors (Lipinski definition) is 3. The highest BCUT2D eigenvalue weighted by Gasteiger charge is 2.47. The fourth-order valence-electron chi connectivity index (χ4n) is 3.00. The second-order valence-electron chi connectivity index (χ2n) is 5.66. The van der Waals surface area contributed by atoms with Crippen LogP contribution in [0.15, 0.2) is 0 Å². The van der Waals surface area contributed by atoms with Crippen molar-refractivity contribution in [1.29, 1.82) is 0 Å². The molecule has 0 aliphatic heterocycles. The maximum absolute atomic E-state index is 12.7. The first-order valence-corrected chi connectivity index (χ1v) is 6.75. The summed E-state index contributed by atoms with van der Waals surface area (Å²) in [5, 5.41) is 0. The summed E-state index contributed by atoms with van der Waals surface area (Å²) in [6.07, 6.45) is -2.73. The fourth-order valence-corrected chi connectivity index (χ4v) is 3.00. The summed E-state index contributed by atoms with van der Waals surface area (Å²) in [6, 6.07) is 0.149. The van der Waals surface area contributed by atoms with Crippen molar-refractivity contribution in [2.24, 2.45) is 11.7 Å². The first-order chi connectivity index (χ1) is 8.77. The molecule has 1 aliphatic carbocycles. The van der Waals surface area contributed by atoms with E-state index in [-0.39, 0.29) is 24.4 Å². The van der Waals surface area contributed by atoms with E-state index >= 15 is 0 Å². The Morgan fingerprint density at radius 3 is 2.26 bits per heavy atom. The molecule has 0 aromatic carbocycles. The molecule has 19 heavy (non-hydrogen) atoms. The van der Waals surface area contributed by atoms with Gasteiger partial charge in [-0.25, -0.2) is 0 Å². The predicted molar refractivity (Wildman–Crippen MR) is 68.9 cm³/mol. The van der Waals surface area contributed by atoms with Crippen LogP contribution >= 0.6 is 0 Å². The van der Waals surface area contributed by atoms with Crippen LogP contribution in [-0.4, -0.2) is 50.0 Å². The Morgan fingerprint density at radius 2 is 1.89 bits per heavy atom. The lowest BCUT2D eigenvalue weighted by Gasteiger charge is -2.48. The summed E-state index contributed by atoms with van der Waals surface area (Å²) in [5.41, 5.74) is 5.54. The molecule has 1 rings (SSSR count). The van der Waals surface area contributed by atoms with Crippen LogP contribution in [0.1, 0.15) is 32.6 Å². The van der Waals surface area contributed by atoms with Crippen LogP contribution in [0.4, 0.5) is 13.2 Å². The molecule has 0 saturated heterocycles. The standard InChI is InChI=1S/C13H25F3N2O/c1-10(8-19-3)18(2)12(9-17)6-4-11(5-7-12)13(14,15)16/h10-11H,4-9,17H2,1-3H3. The Bertz CT molecular complexity index is 276. The van der Waals surface area contributed by atoms with Gasteiger partial charge in [0.1, 0.15) is 0 Å². The van der Waals surface area contributed by atoms with E-state index in [1.807, 2.05) is 14.0 Å². The van der Waals surface area contributed by atoms with Crippen LogP contribution < -0.4 is 5.73 Å². The topological polar surface area (TPSA) is 38.5 Å². The van der Waals surface area contributed by atoms with E-state index in [0.29, 0.717) is 26.0 Å². The summed E-state index contributed by atoms with van der Waals surface area (Å²) in [4.78, 5) is 2.10. The van der Waals surface area contributed by atoms with Crippen molar-refractivity contribution in [2.45, 2.75) is 50.4 Å². The smallest absolute Gasteiger partial charge is 0.383 e. The van der Waals surface area contributed by atoms with Gasteiger partial charge in [0.25, 0.3) is 0 Å². The van der Waals surface area contributed by atoms with Gasteiger partial charge in [-0.15, -0.1) is 0 Å². The largest absolute Gasteiger partial charge is 0.391 e. The van der Waals surface area contributed by atoms with E-state index in [0.717, 1.165) is 0 Å². The van der Waals surface area contributed by atoms with Crippen LogP contribution in [-0.2, 0) is 4.74 Å². The molecule has 3 nitrogen and oxygen atoms in total. The van der Waals surface area contributed by atoms with Crippen molar-refractivity contribution < 1.29 is 17.9 Å². The maximum atomic E-state index is 12.7. The number of halogens is 3. The second kappa shape index (κ2) is 6.41. The second-order valence-corrected chi connectivity index (χ2v) is 5.66. The van der Waals surface area contributed by atoms with Crippen LogP contribution in [0.2, 0.25) is 0 Å².